The molecule has 0 fully saturated rings. The number of rotatable bonds is 8. The van der Waals surface area contributed by atoms with Gasteiger partial charge in [-0.1, -0.05) is 48.5 Å². The highest BCUT2D eigenvalue weighted by Gasteiger charge is 2.31. The molecule has 0 radical (unpaired) electrons. The fourth-order valence-corrected chi connectivity index (χ4v) is 2.93. The third-order valence-corrected chi connectivity index (χ3v) is 4.99. The predicted molar refractivity (Wildman–Crippen MR) is 114 cm³/mol. The van der Waals surface area contributed by atoms with Crippen molar-refractivity contribution in [3.8, 4) is 17.3 Å². The van der Waals surface area contributed by atoms with Crippen LogP contribution in [0.3, 0.4) is 0 Å². The van der Waals surface area contributed by atoms with Crippen LogP contribution < -0.4 is 10.1 Å². The van der Waals surface area contributed by atoms with Crippen molar-refractivity contribution < 1.29 is 23.4 Å². The molecule has 0 aliphatic heterocycles. The minimum atomic E-state index is -3.11. The van der Waals surface area contributed by atoms with Crippen molar-refractivity contribution in [2.75, 3.05) is 19.0 Å². The van der Waals surface area contributed by atoms with Crippen LogP contribution in [-0.2, 0) is 16.1 Å². The first-order valence-electron chi connectivity index (χ1n) is 9.58. The molecule has 3 rings (SSSR count). The van der Waals surface area contributed by atoms with Gasteiger partial charge in [0, 0.05) is 17.2 Å². The zero-order chi connectivity index (χ0) is 22.6. The first-order chi connectivity index (χ1) is 14.6. The van der Waals surface area contributed by atoms with Crippen molar-refractivity contribution in [2.45, 2.75) is 25.2 Å². The van der Waals surface area contributed by atoms with Crippen LogP contribution in [0.1, 0.15) is 25.0 Å². The molecule has 1 aromatic heterocycles. The molecule has 0 amide bonds. The Morgan fingerprint density at radius 1 is 1.03 bits per heavy atom. The summed E-state index contributed by atoms with van der Waals surface area (Å²) in [4.78, 5) is 20.0. The molecule has 8 heteroatoms. The number of hydrogen-bond donors (Lipinski definition) is 2. The number of nitrogens with one attached hydrogen (secondary N) is 1. The van der Waals surface area contributed by atoms with E-state index in [1.165, 1.54) is 25.3 Å². The molecule has 3 aromatic rings. The lowest BCUT2D eigenvalue weighted by Crippen LogP contribution is -2.28. The van der Waals surface area contributed by atoms with E-state index in [0.717, 1.165) is 0 Å². The third-order valence-electron chi connectivity index (χ3n) is 4.99. The number of halogens is 2. The second-order valence-electron chi connectivity index (χ2n) is 7.56. The molecule has 162 valence electrons. The van der Waals surface area contributed by atoms with Gasteiger partial charge in [0.1, 0.15) is 5.82 Å². The van der Waals surface area contributed by atoms with E-state index in [4.69, 9.17) is 4.74 Å². The van der Waals surface area contributed by atoms with Crippen molar-refractivity contribution in [1.82, 2.24) is 9.97 Å². The van der Waals surface area contributed by atoms with E-state index in [2.05, 4.69) is 15.3 Å². The number of anilines is 1. The Labute approximate surface area is 178 Å². The van der Waals surface area contributed by atoms with Gasteiger partial charge >= 0.3 is 12.0 Å². The molecule has 0 aliphatic carbocycles. The molecule has 31 heavy (non-hydrogen) atoms. The minimum absolute atomic E-state index is 0.00549. The monoisotopic (exact) mass is 427 g/mol. The lowest BCUT2D eigenvalue weighted by atomic mass is 9.84. The fourth-order valence-electron chi connectivity index (χ4n) is 2.93. The van der Waals surface area contributed by atoms with E-state index >= 15 is 0 Å². The quantitative estimate of drug-likeness (QED) is 0.541. The molecular formula is C23H23F2N3O3. The van der Waals surface area contributed by atoms with Crippen LogP contribution in [0.5, 0.6) is 6.01 Å². The van der Waals surface area contributed by atoms with Crippen LogP contribution >= 0.6 is 0 Å². The maximum Gasteiger partial charge on any atom is 0.318 e. The molecule has 0 saturated heterocycles. The normalized spacial score (nSPS) is 11.8. The van der Waals surface area contributed by atoms with Crippen LogP contribution in [0, 0.1) is 0 Å². The summed E-state index contributed by atoms with van der Waals surface area (Å²) in [5, 5.41) is 12.2. The molecule has 0 atom stereocenters. The summed E-state index contributed by atoms with van der Waals surface area (Å²) in [6, 6.07) is 15.9. The molecule has 6 nitrogen and oxygen atoms in total. The number of methoxy groups -OCH3 is 1. The highest BCUT2D eigenvalue weighted by atomic mass is 19.3. The third kappa shape index (κ3) is 4.96. The maximum absolute atomic E-state index is 14.5. The summed E-state index contributed by atoms with van der Waals surface area (Å²) in [6.07, 6.45) is 0. The van der Waals surface area contributed by atoms with Crippen molar-refractivity contribution >= 4 is 11.8 Å². The number of aromatic nitrogens is 2. The summed E-state index contributed by atoms with van der Waals surface area (Å²) in [7, 11) is 1.38. The van der Waals surface area contributed by atoms with Gasteiger partial charge in [-0.2, -0.15) is 18.7 Å². The SMILES string of the molecule is COc1nc(NCC(F)(F)c2ccccc2)cc(-c2cccc(C(C)(C)C(=O)O)c2)n1. The molecule has 0 saturated carbocycles. The van der Waals surface area contributed by atoms with Crippen molar-refractivity contribution in [2.24, 2.45) is 0 Å². The number of alkyl halides is 2. The van der Waals surface area contributed by atoms with E-state index in [0.29, 0.717) is 16.8 Å². The highest BCUT2D eigenvalue weighted by molar-refractivity contribution is 5.81. The summed E-state index contributed by atoms with van der Waals surface area (Å²) in [5.41, 5.74) is 0.407. The second-order valence-corrected chi connectivity index (χ2v) is 7.56. The van der Waals surface area contributed by atoms with Crippen LogP contribution in [-0.4, -0.2) is 34.7 Å². The van der Waals surface area contributed by atoms with Gasteiger partial charge in [0.15, 0.2) is 0 Å². The first-order valence-corrected chi connectivity index (χ1v) is 9.58. The zero-order valence-corrected chi connectivity index (χ0v) is 17.4. The average Bonchev–Trinajstić information content (AvgIpc) is 2.78. The van der Waals surface area contributed by atoms with Gasteiger partial charge < -0.3 is 15.2 Å². The summed E-state index contributed by atoms with van der Waals surface area (Å²) < 4.78 is 34.2. The van der Waals surface area contributed by atoms with E-state index in [-0.39, 0.29) is 17.4 Å². The van der Waals surface area contributed by atoms with Gasteiger partial charge in [0.2, 0.25) is 0 Å². The smallest absolute Gasteiger partial charge is 0.318 e. The van der Waals surface area contributed by atoms with E-state index in [9.17, 15) is 18.7 Å². The zero-order valence-electron chi connectivity index (χ0n) is 17.4. The Hall–Kier alpha value is -3.55. The fraction of sp³-hybridized carbons (Fsp3) is 0.261. The summed E-state index contributed by atoms with van der Waals surface area (Å²) in [6.45, 7) is 2.55. The highest BCUT2D eigenvalue weighted by Crippen LogP contribution is 2.31. The molecule has 0 bridgehead atoms. The van der Waals surface area contributed by atoms with Crippen LogP contribution in [0.2, 0.25) is 0 Å². The first kappa shape index (κ1) is 22.1. The predicted octanol–water partition coefficient (Wildman–Crippen LogP) is 4.72. The van der Waals surface area contributed by atoms with Crippen LogP contribution in [0.15, 0.2) is 60.7 Å². The van der Waals surface area contributed by atoms with E-state index < -0.39 is 23.9 Å². The molecule has 0 unspecified atom stereocenters. The summed E-state index contributed by atoms with van der Waals surface area (Å²) in [5.74, 6) is -3.90. The Kier molecular flexibility index (Phi) is 6.19. The Morgan fingerprint density at radius 2 is 1.71 bits per heavy atom. The number of carboxylic acid groups (broad SMARTS) is 1. The number of aliphatic carboxylic acids is 1. The maximum atomic E-state index is 14.5. The lowest BCUT2D eigenvalue weighted by Gasteiger charge is -2.20. The number of carboxylic acids is 1. The van der Waals surface area contributed by atoms with Gasteiger partial charge in [0.05, 0.1) is 24.8 Å². The molecule has 2 N–H and O–H groups in total. The number of benzene rings is 2. The molecule has 0 aliphatic rings. The number of nitrogens with zero attached hydrogens (tertiary/aromatic N) is 2. The second kappa shape index (κ2) is 8.67. The Bertz CT molecular complexity index is 1070. The Morgan fingerprint density at radius 3 is 2.35 bits per heavy atom. The van der Waals surface area contributed by atoms with Crippen LogP contribution in [0.25, 0.3) is 11.3 Å². The van der Waals surface area contributed by atoms with Gasteiger partial charge in [-0.05, 0) is 25.5 Å². The number of carbonyl (C=O) groups is 1. The van der Waals surface area contributed by atoms with Gasteiger partial charge in [-0.15, -0.1) is 0 Å². The van der Waals surface area contributed by atoms with Gasteiger partial charge in [-0.3, -0.25) is 4.79 Å². The minimum Gasteiger partial charge on any atom is -0.481 e. The standard InChI is InChI=1S/C23H23F2N3O3/c1-22(2,20(29)30)17-11-7-8-15(12-17)18-13-19(28-21(27-18)31-3)26-14-23(24,25)16-9-5-4-6-10-16/h4-13H,14H2,1-3H3,(H,29,30)(H,26,27,28). The van der Waals surface area contributed by atoms with Crippen molar-refractivity contribution in [1.29, 1.82) is 0 Å². The number of ether oxygens (including phenoxy) is 1. The topological polar surface area (TPSA) is 84.3 Å². The lowest BCUT2D eigenvalue weighted by molar-refractivity contribution is -0.142. The van der Waals surface area contributed by atoms with Crippen molar-refractivity contribution in [3.63, 3.8) is 0 Å². The molecule has 1 heterocycles. The van der Waals surface area contributed by atoms with Gasteiger partial charge in [0.25, 0.3) is 5.92 Å². The number of hydrogen-bond acceptors (Lipinski definition) is 5. The average molecular weight is 427 g/mol. The molecule has 0 spiro atoms. The van der Waals surface area contributed by atoms with Gasteiger partial charge in [-0.25, -0.2) is 0 Å². The molecular weight excluding hydrogens is 404 g/mol. The largest absolute Gasteiger partial charge is 0.481 e. The molecule has 2 aromatic carbocycles. The summed E-state index contributed by atoms with van der Waals surface area (Å²) >= 11 is 0. The van der Waals surface area contributed by atoms with E-state index in [1.54, 1.807) is 56.3 Å². The Balaban J connectivity index is 1.91. The van der Waals surface area contributed by atoms with Crippen LogP contribution in [0.4, 0.5) is 14.6 Å². The van der Waals surface area contributed by atoms with Crippen molar-refractivity contribution in [3.05, 3.63) is 71.8 Å². The van der Waals surface area contributed by atoms with E-state index in [1.807, 2.05) is 0 Å².